The molecule has 1 aliphatic heterocycles. The molecule has 0 radical (unpaired) electrons. The van der Waals surface area contributed by atoms with E-state index < -0.39 is 0 Å². The van der Waals surface area contributed by atoms with Gasteiger partial charge in [-0.25, -0.2) is 0 Å². The maximum Gasteiger partial charge on any atom is 0.237 e. The number of aryl methyl sites for hydroxylation is 1. The van der Waals surface area contributed by atoms with Gasteiger partial charge in [0.05, 0.1) is 12.1 Å². The minimum Gasteiger partial charge on any atom is -0.348 e. The zero-order valence-corrected chi connectivity index (χ0v) is 10.5. The Balaban J connectivity index is 1.93. The van der Waals surface area contributed by atoms with Crippen LogP contribution in [0.5, 0.6) is 0 Å². The van der Waals surface area contributed by atoms with E-state index in [0.29, 0.717) is 0 Å². The molecule has 1 saturated heterocycles. The van der Waals surface area contributed by atoms with Crippen LogP contribution in [0.2, 0.25) is 0 Å². The average molecular weight is 232 g/mol. The minimum absolute atomic E-state index is 0.00268. The molecule has 3 nitrogen and oxygen atoms in total. The standard InChI is InChI=1S/C14H20N2O/c1-10-5-7-12(8-6-10)11(2)16-14(17)13-4-3-9-15-13/h5-8,11,13,15H,3-4,9H2,1-2H3,(H,16,17)/t11-,13-/m1/s1. The summed E-state index contributed by atoms with van der Waals surface area (Å²) in [6.07, 6.45) is 2.05. The number of hydrogen-bond acceptors (Lipinski definition) is 2. The lowest BCUT2D eigenvalue weighted by molar-refractivity contribution is -0.123. The van der Waals surface area contributed by atoms with E-state index in [2.05, 4.69) is 41.8 Å². The van der Waals surface area contributed by atoms with Crippen molar-refractivity contribution in [3.05, 3.63) is 35.4 Å². The number of carbonyl (C=O) groups excluding carboxylic acids is 1. The predicted molar refractivity (Wildman–Crippen MR) is 68.8 cm³/mol. The Hall–Kier alpha value is -1.35. The molecule has 2 rings (SSSR count). The minimum atomic E-state index is 0.00268. The fourth-order valence-electron chi connectivity index (χ4n) is 2.16. The highest BCUT2D eigenvalue weighted by molar-refractivity contribution is 5.82. The van der Waals surface area contributed by atoms with Crippen LogP contribution in [0.1, 0.15) is 36.9 Å². The van der Waals surface area contributed by atoms with Crippen molar-refractivity contribution < 1.29 is 4.79 Å². The summed E-state index contributed by atoms with van der Waals surface area (Å²) in [4.78, 5) is 11.9. The first-order valence-electron chi connectivity index (χ1n) is 6.27. The quantitative estimate of drug-likeness (QED) is 0.836. The number of benzene rings is 1. The fourth-order valence-corrected chi connectivity index (χ4v) is 2.16. The lowest BCUT2D eigenvalue weighted by Gasteiger charge is -2.17. The molecule has 1 aliphatic rings. The van der Waals surface area contributed by atoms with Gasteiger partial charge in [0.25, 0.3) is 0 Å². The molecule has 0 bridgehead atoms. The van der Waals surface area contributed by atoms with E-state index >= 15 is 0 Å². The van der Waals surface area contributed by atoms with Crippen molar-refractivity contribution in [3.63, 3.8) is 0 Å². The Bertz CT molecular complexity index is 380. The number of rotatable bonds is 3. The largest absolute Gasteiger partial charge is 0.348 e. The number of carbonyl (C=O) groups is 1. The van der Waals surface area contributed by atoms with E-state index in [4.69, 9.17) is 0 Å². The Kier molecular flexibility index (Phi) is 3.79. The molecule has 1 aromatic rings. The lowest BCUT2D eigenvalue weighted by atomic mass is 10.1. The fraction of sp³-hybridized carbons (Fsp3) is 0.500. The van der Waals surface area contributed by atoms with Crippen molar-refractivity contribution >= 4 is 5.91 Å². The van der Waals surface area contributed by atoms with Crippen LogP contribution >= 0.6 is 0 Å². The van der Waals surface area contributed by atoms with E-state index in [0.717, 1.165) is 24.9 Å². The van der Waals surface area contributed by atoms with E-state index in [1.807, 2.05) is 6.92 Å². The molecule has 0 saturated carbocycles. The zero-order valence-electron chi connectivity index (χ0n) is 10.5. The SMILES string of the molecule is Cc1ccc([C@@H](C)NC(=O)[C@H]2CCCN2)cc1. The van der Waals surface area contributed by atoms with Gasteiger partial charge in [-0.15, -0.1) is 0 Å². The summed E-state index contributed by atoms with van der Waals surface area (Å²) in [5, 5.41) is 6.27. The van der Waals surface area contributed by atoms with Gasteiger partial charge in [0, 0.05) is 0 Å². The first-order valence-corrected chi connectivity index (χ1v) is 6.27. The van der Waals surface area contributed by atoms with Gasteiger partial charge in [0.1, 0.15) is 0 Å². The van der Waals surface area contributed by atoms with Crippen molar-refractivity contribution in [2.75, 3.05) is 6.54 Å². The topological polar surface area (TPSA) is 41.1 Å². The van der Waals surface area contributed by atoms with Crippen molar-refractivity contribution in [1.82, 2.24) is 10.6 Å². The summed E-state index contributed by atoms with van der Waals surface area (Å²) >= 11 is 0. The molecule has 3 heteroatoms. The first-order chi connectivity index (χ1) is 8.16. The number of hydrogen-bond donors (Lipinski definition) is 2. The van der Waals surface area contributed by atoms with Crippen molar-refractivity contribution in [2.45, 2.75) is 38.8 Å². The average Bonchev–Trinajstić information content (AvgIpc) is 2.83. The summed E-state index contributed by atoms with van der Waals surface area (Å²) in [6.45, 7) is 5.05. The monoisotopic (exact) mass is 232 g/mol. The van der Waals surface area contributed by atoms with Gasteiger partial charge in [0.2, 0.25) is 5.91 Å². The maximum absolute atomic E-state index is 11.9. The molecule has 0 aromatic heterocycles. The molecule has 92 valence electrons. The Morgan fingerprint density at radius 1 is 1.41 bits per heavy atom. The van der Waals surface area contributed by atoms with Crippen LogP contribution in [0.4, 0.5) is 0 Å². The normalized spacial score (nSPS) is 21.2. The van der Waals surface area contributed by atoms with E-state index in [-0.39, 0.29) is 18.0 Å². The molecule has 1 amide bonds. The van der Waals surface area contributed by atoms with Crippen LogP contribution in [0.25, 0.3) is 0 Å². The molecule has 1 heterocycles. The van der Waals surface area contributed by atoms with Crippen LogP contribution in [-0.2, 0) is 4.79 Å². The molecule has 2 atom stereocenters. The second-order valence-electron chi connectivity index (χ2n) is 4.79. The number of nitrogens with one attached hydrogen (secondary N) is 2. The molecule has 1 aromatic carbocycles. The lowest BCUT2D eigenvalue weighted by Crippen LogP contribution is -2.41. The highest BCUT2D eigenvalue weighted by Crippen LogP contribution is 2.14. The number of amides is 1. The van der Waals surface area contributed by atoms with Gasteiger partial charge in [0.15, 0.2) is 0 Å². The maximum atomic E-state index is 11.9. The van der Waals surface area contributed by atoms with Crippen molar-refractivity contribution in [3.8, 4) is 0 Å². The van der Waals surface area contributed by atoms with Crippen LogP contribution < -0.4 is 10.6 Å². The zero-order chi connectivity index (χ0) is 12.3. The molecule has 1 fully saturated rings. The van der Waals surface area contributed by atoms with Crippen LogP contribution in [-0.4, -0.2) is 18.5 Å². The second kappa shape index (κ2) is 5.32. The summed E-state index contributed by atoms with van der Waals surface area (Å²) in [7, 11) is 0. The highest BCUT2D eigenvalue weighted by Gasteiger charge is 2.23. The first kappa shape index (κ1) is 12.1. The Labute approximate surface area is 103 Å². The van der Waals surface area contributed by atoms with Gasteiger partial charge < -0.3 is 10.6 Å². The van der Waals surface area contributed by atoms with Gasteiger partial charge in [-0.2, -0.15) is 0 Å². The molecule has 17 heavy (non-hydrogen) atoms. The van der Waals surface area contributed by atoms with Gasteiger partial charge in [-0.1, -0.05) is 29.8 Å². The van der Waals surface area contributed by atoms with Gasteiger partial charge in [-0.05, 0) is 38.8 Å². The molecule has 2 N–H and O–H groups in total. The van der Waals surface area contributed by atoms with E-state index in [1.54, 1.807) is 0 Å². The second-order valence-corrected chi connectivity index (χ2v) is 4.79. The molecular weight excluding hydrogens is 212 g/mol. The Morgan fingerprint density at radius 3 is 2.71 bits per heavy atom. The van der Waals surface area contributed by atoms with Crippen LogP contribution in [0.3, 0.4) is 0 Å². The Morgan fingerprint density at radius 2 is 2.12 bits per heavy atom. The predicted octanol–water partition coefficient (Wildman–Crippen LogP) is 1.92. The highest BCUT2D eigenvalue weighted by atomic mass is 16.2. The summed E-state index contributed by atoms with van der Waals surface area (Å²) in [5.41, 5.74) is 2.40. The van der Waals surface area contributed by atoms with Crippen molar-refractivity contribution in [1.29, 1.82) is 0 Å². The smallest absolute Gasteiger partial charge is 0.237 e. The summed E-state index contributed by atoms with van der Waals surface area (Å²) in [5.74, 6) is 0.121. The summed E-state index contributed by atoms with van der Waals surface area (Å²) in [6, 6.07) is 8.37. The van der Waals surface area contributed by atoms with Crippen LogP contribution in [0, 0.1) is 6.92 Å². The molecule has 0 aliphatic carbocycles. The third kappa shape index (κ3) is 3.07. The van der Waals surface area contributed by atoms with E-state index in [9.17, 15) is 4.79 Å². The molecular formula is C14H20N2O. The van der Waals surface area contributed by atoms with Gasteiger partial charge in [-0.3, -0.25) is 4.79 Å². The third-order valence-corrected chi connectivity index (χ3v) is 3.31. The van der Waals surface area contributed by atoms with Crippen LogP contribution in [0.15, 0.2) is 24.3 Å². The van der Waals surface area contributed by atoms with Gasteiger partial charge >= 0.3 is 0 Å². The molecule has 0 spiro atoms. The van der Waals surface area contributed by atoms with Crippen molar-refractivity contribution in [2.24, 2.45) is 0 Å². The third-order valence-electron chi connectivity index (χ3n) is 3.31. The summed E-state index contributed by atoms with van der Waals surface area (Å²) < 4.78 is 0. The molecule has 0 unspecified atom stereocenters. The van der Waals surface area contributed by atoms with E-state index in [1.165, 1.54) is 5.56 Å².